The number of anilines is 1. The van der Waals surface area contributed by atoms with Gasteiger partial charge >= 0.3 is 5.97 Å². The molecule has 21 heavy (non-hydrogen) atoms. The van der Waals surface area contributed by atoms with Crippen molar-refractivity contribution in [1.29, 1.82) is 0 Å². The van der Waals surface area contributed by atoms with Crippen molar-refractivity contribution in [3.05, 3.63) is 11.5 Å². The molecule has 2 aromatic heterocycles. The SMILES string of the molecule is Cc1nc(N[C@@H](C(=O)O)C(C)(C)C)c2c(n1)c(C)nn2C. The third kappa shape index (κ3) is 2.81. The summed E-state index contributed by atoms with van der Waals surface area (Å²) in [7, 11) is 1.80. The highest BCUT2D eigenvalue weighted by Crippen LogP contribution is 2.27. The van der Waals surface area contributed by atoms with Gasteiger partial charge in [-0.3, -0.25) is 4.68 Å². The Kier molecular flexibility index (Phi) is 3.61. The van der Waals surface area contributed by atoms with Gasteiger partial charge in [0.1, 0.15) is 22.9 Å². The van der Waals surface area contributed by atoms with Gasteiger partial charge in [0.15, 0.2) is 5.82 Å². The smallest absolute Gasteiger partial charge is 0.326 e. The van der Waals surface area contributed by atoms with Crippen LogP contribution in [-0.2, 0) is 11.8 Å². The van der Waals surface area contributed by atoms with Crippen LogP contribution < -0.4 is 5.32 Å². The molecule has 7 nitrogen and oxygen atoms in total. The predicted molar refractivity (Wildman–Crippen MR) is 80.3 cm³/mol. The summed E-state index contributed by atoms with van der Waals surface area (Å²) in [5, 5.41) is 16.8. The predicted octanol–water partition coefficient (Wildman–Crippen LogP) is 1.89. The monoisotopic (exact) mass is 291 g/mol. The summed E-state index contributed by atoms with van der Waals surface area (Å²) < 4.78 is 1.67. The maximum Gasteiger partial charge on any atom is 0.326 e. The molecular weight excluding hydrogens is 270 g/mol. The number of nitrogens with zero attached hydrogens (tertiary/aromatic N) is 4. The Morgan fingerprint density at radius 1 is 1.29 bits per heavy atom. The fourth-order valence-electron chi connectivity index (χ4n) is 2.33. The third-order valence-corrected chi connectivity index (χ3v) is 3.36. The van der Waals surface area contributed by atoms with Gasteiger partial charge in [-0.05, 0) is 19.3 Å². The van der Waals surface area contributed by atoms with Crippen molar-refractivity contribution < 1.29 is 9.90 Å². The van der Waals surface area contributed by atoms with E-state index in [2.05, 4.69) is 20.4 Å². The van der Waals surface area contributed by atoms with Crippen LogP contribution in [0.2, 0.25) is 0 Å². The first-order valence-corrected chi connectivity index (χ1v) is 6.78. The molecule has 0 aliphatic carbocycles. The summed E-state index contributed by atoms with van der Waals surface area (Å²) in [5.74, 6) is 0.174. The van der Waals surface area contributed by atoms with Gasteiger partial charge in [0.05, 0.1) is 5.69 Å². The van der Waals surface area contributed by atoms with E-state index in [0.717, 1.165) is 11.2 Å². The van der Waals surface area contributed by atoms with Gasteiger partial charge in [-0.15, -0.1) is 0 Å². The maximum absolute atomic E-state index is 11.5. The summed E-state index contributed by atoms with van der Waals surface area (Å²) >= 11 is 0. The fraction of sp³-hybridized carbons (Fsp3) is 0.571. The Hall–Kier alpha value is -2.18. The Labute approximate surface area is 123 Å². The number of aryl methyl sites for hydroxylation is 3. The molecule has 2 aromatic rings. The van der Waals surface area contributed by atoms with E-state index in [0.29, 0.717) is 17.2 Å². The number of carboxylic acids is 1. The molecular formula is C14H21N5O2. The molecule has 1 atom stereocenters. The van der Waals surface area contributed by atoms with Crippen molar-refractivity contribution in [2.24, 2.45) is 12.5 Å². The molecule has 114 valence electrons. The van der Waals surface area contributed by atoms with Crippen LogP contribution in [0.25, 0.3) is 11.0 Å². The molecule has 0 radical (unpaired) electrons. The minimum absolute atomic E-state index is 0.454. The number of rotatable bonds is 3. The van der Waals surface area contributed by atoms with Crippen LogP contribution in [0.5, 0.6) is 0 Å². The van der Waals surface area contributed by atoms with Gasteiger partial charge in [-0.1, -0.05) is 20.8 Å². The highest BCUT2D eigenvalue weighted by atomic mass is 16.4. The molecule has 0 aliphatic rings. The summed E-state index contributed by atoms with van der Waals surface area (Å²) in [5.41, 5.74) is 1.80. The topological polar surface area (TPSA) is 92.9 Å². The second-order valence-corrected chi connectivity index (χ2v) is 6.31. The normalized spacial score (nSPS) is 13.4. The molecule has 0 fully saturated rings. The average molecular weight is 291 g/mol. The lowest BCUT2D eigenvalue weighted by atomic mass is 9.87. The van der Waals surface area contributed by atoms with Crippen LogP contribution >= 0.6 is 0 Å². The summed E-state index contributed by atoms with van der Waals surface area (Å²) in [6, 6.07) is -0.759. The van der Waals surface area contributed by atoms with Crippen molar-refractivity contribution >= 4 is 22.8 Å². The van der Waals surface area contributed by atoms with Crippen molar-refractivity contribution in [3.63, 3.8) is 0 Å². The first-order valence-electron chi connectivity index (χ1n) is 6.78. The molecule has 0 amide bonds. The molecule has 0 saturated carbocycles. The lowest BCUT2D eigenvalue weighted by molar-refractivity contribution is -0.140. The van der Waals surface area contributed by atoms with E-state index in [1.165, 1.54) is 0 Å². The molecule has 0 bridgehead atoms. The second kappa shape index (κ2) is 4.98. The zero-order valence-corrected chi connectivity index (χ0v) is 13.2. The van der Waals surface area contributed by atoms with Crippen molar-refractivity contribution in [2.45, 2.75) is 40.7 Å². The average Bonchev–Trinajstić information content (AvgIpc) is 2.59. The van der Waals surface area contributed by atoms with Gasteiger partial charge in [0.2, 0.25) is 0 Å². The van der Waals surface area contributed by atoms with E-state index < -0.39 is 17.4 Å². The van der Waals surface area contributed by atoms with Crippen LogP contribution in [0, 0.1) is 19.3 Å². The van der Waals surface area contributed by atoms with Crippen LogP contribution in [0.3, 0.4) is 0 Å². The fourth-order valence-corrected chi connectivity index (χ4v) is 2.33. The third-order valence-electron chi connectivity index (χ3n) is 3.36. The van der Waals surface area contributed by atoms with Crippen LogP contribution in [-0.4, -0.2) is 36.9 Å². The zero-order chi connectivity index (χ0) is 15.9. The molecule has 2 rings (SSSR count). The number of carbonyl (C=O) groups is 1. The number of nitrogens with one attached hydrogen (secondary N) is 1. The zero-order valence-electron chi connectivity index (χ0n) is 13.2. The molecule has 2 N–H and O–H groups in total. The number of carboxylic acid groups (broad SMARTS) is 1. The molecule has 0 unspecified atom stereocenters. The Morgan fingerprint density at radius 3 is 2.43 bits per heavy atom. The van der Waals surface area contributed by atoms with E-state index in [1.807, 2.05) is 27.7 Å². The van der Waals surface area contributed by atoms with Gasteiger partial charge in [-0.2, -0.15) is 5.10 Å². The van der Waals surface area contributed by atoms with E-state index in [-0.39, 0.29) is 0 Å². The van der Waals surface area contributed by atoms with Gasteiger partial charge in [0, 0.05) is 7.05 Å². The first-order chi connectivity index (χ1) is 9.61. The number of fused-ring (bicyclic) bond motifs is 1. The van der Waals surface area contributed by atoms with E-state index in [4.69, 9.17) is 0 Å². The Balaban J connectivity index is 2.58. The quantitative estimate of drug-likeness (QED) is 0.897. The standard InChI is InChI=1S/C14H21N5O2/c1-7-9-10(19(6)18-7)12(16-8(2)15-9)17-11(13(20)21)14(3,4)5/h11H,1-6H3,(H,20,21)(H,15,16,17)/t11-/m0/s1. The number of hydrogen-bond donors (Lipinski definition) is 2. The van der Waals surface area contributed by atoms with E-state index >= 15 is 0 Å². The van der Waals surface area contributed by atoms with Crippen LogP contribution in [0.1, 0.15) is 32.3 Å². The largest absolute Gasteiger partial charge is 0.480 e. The van der Waals surface area contributed by atoms with Crippen LogP contribution in [0.4, 0.5) is 5.82 Å². The lowest BCUT2D eigenvalue weighted by Gasteiger charge is -2.28. The van der Waals surface area contributed by atoms with Crippen LogP contribution in [0.15, 0.2) is 0 Å². The van der Waals surface area contributed by atoms with Gasteiger partial charge in [-0.25, -0.2) is 14.8 Å². The van der Waals surface area contributed by atoms with Gasteiger partial charge < -0.3 is 10.4 Å². The molecule has 0 spiro atoms. The summed E-state index contributed by atoms with van der Waals surface area (Å²) in [4.78, 5) is 20.3. The van der Waals surface area contributed by atoms with E-state index in [9.17, 15) is 9.90 Å². The molecule has 7 heteroatoms. The summed E-state index contributed by atoms with van der Waals surface area (Å²) in [6.45, 7) is 9.27. The number of aromatic nitrogens is 4. The minimum atomic E-state index is -0.911. The van der Waals surface area contributed by atoms with Gasteiger partial charge in [0.25, 0.3) is 0 Å². The molecule has 0 saturated heterocycles. The minimum Gasteiger partial charge on any atom is -0.480 e. The lowest BCUT2D eigenvalue weighted by Crippen LogP contribution is -2.41. The highest BCUT2D eigenvalue weighted by molar-refractivity contribution is 5.89. The summed E-state index contributed by atoms with van der Waals surface area (Å²) in [6.07, 6.45) is 0. The Morgan fingerprint density at radius 2 is 1.90 bits per heavy atom. The molecule has 0 aliphatic heterocycles. The first kappa shape index (κ1) is 15.2. The van der Waals surface area contributed by atoms with Crippen molar-refractivity contribution in [3.8, 4) is 0 Å². The maximum atomic E-state index is 11.5. The molecule has 0 aromatic carbocycles. The molecule has 2 heterocycles. The van der Waals surface area contributed by atoms with Crippen molar-refractivity contribution in [2.75, 3.05) is 5.32 Å². The Bertz CT molecular complexity index is 699. The second-order valence-electron chi connectivity index (χ2n) is 6.31. The van der Waals surface area contributed by atoms with E-state index in [1.54, 1.807) is 18.7 Å². The van der Waals surface area contributed by atoms with Crippen molar-refractivity contribution in [1.82, 2.24) is 19.7 Å². The number of hydrogen-bond acceptors (Lipinski definition) is 5. The highest BCUT2D eigenvalue weighted by Gasteiger charge is 2.32. The number of aliphatic carboxylic acids is 1.